The molecule has 0 aromatic heterocycles. The number of benzene rings is 4. The molecule has 0 radical (unpaired) electrons. The van der Waals surface area contributed by atoms with Gasteiger partial charge in [0, 0.05) is 0 Å². The third-order valence-electron chi connectivity index (χ3n) is 9.71. The molecule has 0 spiro atoms. The summed E-state index contributed by atoms with van der Waals surface area (Å²) in [6, 6.07) is 35.2. The molecule has 4 heteroatoms. The summed E-state index contributed by atoms with van der Waals surface area (Å²) in [6.07, 6.45) is 4.93. The third kappa shape index (κ3) is 4.64. The van der Waals surface area contributed by atoms with Gasteiger partial charge in [-0.1, -0.05) is 0 Å². The molecule has 0 aliphatic heterocycles. The van der Waals surface area contributed by atoms with Crippen molar-refractivity contribution in [2.45, 2.75) is 48.0 Å². The molecule has 2 unspecified atom stereocenters. The van der Waals surface area contributed by atoms with Gasteiger partial charge in [-0.25, -0.2) is 0 Å². The van der Waals surface area contributed by atoms with Gasteiger partial charge in [0.2, 0.25) is 0 Å². The van der Waals surface area contributed by atoms with Crippen molar-refractivity contribution < 1.29 is 15.0 Å². The van der Waals surface area contributed by atoms with Crippen molar-refractivity contribution >= 4 is 34.6 Å². The number of fused-ring (bicyclic) bond motifs is 2. The minimum absolute atomic E-state index is 0.0794. The predicted octanol–water partition coefficient (Wildman–Crippen LogP) is 12.2. The zero-order valence-corrected chi connectivity index (χ0v) is 30.4. The van der Waals surface area contributed by atoms with Crippen molar-refractivity contribution in [2.75, 3.05) is 0 Å². The van der Waals surface area contributed by atoms with Crippen LogP contribution in [0.5, 0.6) is 0 Å². The zero-order chi connectivity index (χ0) is 29.8. The molecule has 0 saturated heterocycles. The number of hydrogen-bond donors (Lipinski definition) is 0. The van der Waals surface area contributed by atoms with Gasteiger partial charge in [-0.3, -0.25) is 0 Å². The Hall–Kier alpha value is -1.96. The van der Waals surface area contributed by atoms with E-state index in [4.69, 9.17) is 17.0 Å². The molecule has 4 aromatic rings. The van der Waals surface area contributed by atoms with E-state index in [1.54, 1.807) is 0 Å². The summed E-state index contributed by atoms with van der Waals surface area (Å²) in [4.78, 5) is 0. The van der Waals surface area contributed by atoms with Gasteiger partial charge in [-0.2, -0.15) is 0 Å². The van der Waals surface area contributed by atoms with Crippen LogP contribution in [-0.4, -0.2) is 5.43 Å². The first-order valence-corrected chi connectivity index (χ1v) is 30.6. The van der Waals surface area contributed by atoms with E-state index in [0.717, 1.165) is 0 Å². The van der Waals surface area contributed by atoms with Crippen LogP contribution >= 0.6 is 17.0 Å². The fourth-order valence-electron chi connectivity index (χ4n) is 7.52. The van der Waals surface area contributed by atoms with Crippen LogP contribution in [0.3, 0.4) is 0 Å². The summed E-state index contributed by atoms with van der Waals surface area (Å²) in [7, 11) is 17.2. The summed E-state index contributed by atoms with van der Waals surface area (Å²) in [5, 5.41) is 0. The van der Waals surface area contributed by atoms with Gasteiger partial charge in [0.05, 0.1) is 0 Å². The molecule has 0 amide bonds. The van der Waals surface area contributed by atoms with E-state index in [0.29, 0.717) is 11.8 Å². The number of halogens is 2. The molecule has 0 N–H and O–H groups in total. The summed E-state index contributed by atoms with van der Waals surface area (Å²) in [5.74, 6) is 0.696. The normalized spacial score (nSPS) is 18.2. The number of hydrogen-bond acceptors (Lipinski definition) is 0. The van der Waals surface area contributed by atoms with Crippen molar-refractivity contribution in [1.82, 2.24) is 0 Å². The van der Waals surface area contributed by atoms with Crippen LogP contribution in [0.2, 0.25) is 13.1 Å². The average molecular weight is 687 g/mol. The molecule has 2 aliphatic carbocycles. The maximum absolute atomic E-state index is 8.61. The first-order chi connectivity index (χ1) is 20.0. The van der Waals surface area contributed by atoms with Crippen molar-refractivity contribution in [3.63, 3.8) is 0 Å². The Kier molecular flexibility index (Phi) is 8.02. The molecule has 0 fully saturated rings. The summed E-state index contributed by atoms with van der Waals surface area (Å²) >= 11 is -4.85. The Bertz CT molecular complexity index is 1680. The van der Waals surface area contributed by atoms with Crippen LogP contribution in [0.1, 0.15) is 57.2 Å². The van der Waals surface area contributed by atoms with Crippen LogP contribution in [0, 0.1) is 11.8 Å². The van der Waals surface area contributed by atoms with Crippen molar-refractivity contribution in [3.8, 4) is 22.3 Å². The molecule has 2 aliphatic rings. The van der Waals surface area contributed by atoms with Gasteiger partial charge >= 0.3 is 262 Å². The summed E-state index contributed by atoms with van der Waals surface area (Å²) in [6.45, 7) is 14.1. The van der Waals surface area contributed by atoms with Crippen molar-refractivity contribution in [3.05, 3.63) is 130 Å². The van der Waals surface area contributed by atoms with Crippen molar-refractivity contribution in [2.24, 2.45) is 11.8 Å². The van der Waals surface area contributed by atoms with Crippen LogP contribution in [-0.2, 0) is 15.0 Å². The monoisotopic (exact) mass is 684 g/mol. The number of rotatable bonds is 6. The fourth-order valence-corrected chi connectivity index (χ4v) is 36.7. The molecular weight excluding hydrogens is 647 g/mol. The van der Waals surface area contributed by atoms with Gasteiger partial charge in [-0.15, -0.1) is 0 Å². The summed E-state index contributed by atoms with van der Waals surface area (Å²) in [5.41, 5.74) is 12.1. The van der Waals surface area contributed by atoms with Gasteiger partial charge in [-0.05, 0) is 0 Å². The van der Waals surface area contributed by atoms with Crippen LogP contribution in [0.15, 0.2) is 108 Å². The van der Waals surface area contributed by atoms with E-state index < -0.39 is 20.4 Å². The second-order valence-corrected chi connectivity index (χ2v) is 51.7. The fraction of sp³-hybridized carbons (Fsp3) is 0.263. The SMILES string of the molecule is CC(C)C1=Cc2c(-c3ccccc3)cccc2[CH]1[Zr]([Cl])([Cl])([CH]1C(C(C)C)=Cc2c(-c3ccccc3)cccc21)=[Si](C)C. The Morgan fingerprint density at radius 3 is 1.26 bits per heavy atom. The maximum atomic E-state index is 8.61. The van der Waals surface area contributed by atoms with E-state index in [1.165, 1.54) is 55.7 Å². The first-order valence-electron chi connectivity index (χ1n) is 15.2. The zero-order valence-electron chi connectivity index (χ0n) is 25.5. The van der Waals surface area contributed by atoms with Gasteiger partial charge in [0.25, 0.3) is 0 Å². The Labute approximate surface area is 260 Å². The van der Waals surface area contributed by atoms with E-state index >= 15 is 0 Å². The van der Waals surface area contributed by atoms with E-state index in [2.05, 4.69) is 150 Å². The van der Waals surface area contributed by atoms with Gasteiger partial charge < -0.3 is 0 Å². The number of allylic oxidation sites excluding steroid dienone is 2. The van der Waals surface area contributed by atoms with Gasteiger partial charge in [0.15, 0.2) is 0 Å². The summed E-state index contributed by atoms with van der Waals surface area (Å²) < 4.78 is 0.159. The molecule has 0 heterocycles. The topological polar surface area (TPSA) is 0 Å². The predicted molar refractivity (Wildman–Crippen MR) is 184 cm³/mol. The second-order valence-electron chi connectivity index (χ2n) is 13.0. The van der Waals surface area contributed by atoms with Crippen LogP contribution in [0.25, 0.3) is 34.4 Å². The molecule has 0 nitrogen and oxygen atoms in total. The second kappa shape index (κ2) is 11.2. The average Bonchev–Trinajstić information content (AvgIpc) is 3.59. The molecule has 4 aromatic carbocycles. The Balaban J connectivity index is 1.65. The first kappa shape index (κ1) is 30.1. The van der Waals surface area contributed by atoms with Crippen LogP contribution < -0.4 is 0 Å². The molecule has 0 bridgehead atoms. The van der Waals surface area contributed by atoms with E-state index in [9.17, 15) is 0 Å². The molecular formula is C38H40Cl2SiZr. The Morgan fingerprint density at radius 1 is 0.548 bits per heavy atom. The van der Waals surface area contributed by atoms with E-state index in [1.807, 2.05) is 0 Å². The standard InChI is InChI=1S/2C18H17.C2H6Si.2ClH.Zr/c2*1-13(2)16-11-15-9-6-10-17(18(15)12-16)14-7-4-3-5-8-14;1-3-2;;;/h2*3-13H,1-2H3;1-2H3;2*1H;/q;;;;;+2/p-2. The third-order valence-corrected chi connectivity index (χ3v) is 56.1. The molecule has 42 heavy (non-hydrogen) atoms. The molecule has 214 valence electrons. The quantitative estimate of drug-likeness (QED) is 0.177. The molecule has 2 atom stereocenters. The van der Waals surface area contributed by atoms with E-state index in [-0.39, 0.29) is 7.25 Å². The van der Waals surface area contributed by atoms with Crippen LogP contribution in [0.4, 0.5) is 0 Å². The van der Waals surface area contributed by atoms with Crippen molar-refractivity contribution in [1.29, 1.82) is 0 Å². The Morgan fingerprint density at radius 2 is 0.929 bits per heavy atom. The van der Waals surface area contributed by atoms with Gasteiger partial charge in [0.1, 0.15) is 0 Å². The molecule has 6 rings (SSSR count). The minimum atomic E-state index is -4.85. The molecule has 0 saturated carbocycles.